The molecule has 0 saturated carbocycles. The van der Waals surface area contributed by atoms with Gasteiger partial charge in [-0.1, -0.05) is 12.1 Å². The van der Waals surface area contributed by atoms with E-state index in [0.29, 0.717) is 11.3 Å². The number of para-hydroxylation sites is 1. The number of ether oxygens (including phenoxy) is 1. The van der Waals surface area contributed by atoms with Crippen molar-refractivity contribution in [3.63, 3.8) is 0 Å². The quantitative estimate of drug-likeness (QED) is 0.777. The zero-order valence-electron chi connectivity index (χ0n) is 12.2. The first-order chi connectivity index (χ1) is 9.86. The van der Waals surface area contributed by atoms with Gasteiger partial charge in [-0.3, -0.25) is 4.98 Å². The van der Waals surface area contributed by atoms with E-state index < -0.39 is 11.6 Å². The second kappa shape index (κ2) is 5.57. The number of aliphatic carboxylic acids is 1. The zero-order valence-corrected chi connectivity index (χ0v) is 12.2. The SMILES string of the molecule is COc1cccc2c(NCC(C)(O)C(=O)O)c(C)cnc12. The molecular weight excluding hydrogens is 272 g/mol. The number of anilines is 1. The van der Waals surface area contributed by atoms with Crippen LogP contribution in [-0.4, -0.2) is 40.4 Å². The number of aryl methyl sites for hydroxylation is 1. The predicted molar refractivity (Wildman–Crippen MR) is 79.8 cm³/mol. The Balaban J connectivity index is 2.44. The van der Waals surface area contributed by atoms with Gasteiger partial charge in [-0.05, 0) is 25.5 Å². The van der Waals surface area contributed by atoms with Gasteiger partial charge < -0.3 is 20.3 Å². The van der Waals surface area contributed by atoms with Crippen molar-refractivity contribution in [2.75, 3.05) is 19.0 Å². The van der Waals surface area contributed by atoms with E-state index in [0.717, 1.165) is 16.6 Å². The molecule has 0 aliphatic rings. The Bertz CT molecular complexity index is 683. The molecule has 112 valence electrons. The lowest BCUT2D eigenvalue weighted by Crippen LogP contribution is -2.41. The molecule has 0 saturated heterocycles. The second-order valence-corrected chi connectivity index (χ2v) is 5.11. The number of hydrogen-bond donors (Lipinski definition) is 3. The van der Waals surface area contributed by atoms with Crippen molar-refractivity contribution in [1.29, 1.82) is 0 Å². The molecule has 1 unspecified atom stereocenters. The van der Waals surface area contributed by atoms with E-state index in [1.54, 1.807) is 13.3 Å². The first-order valence-corrected chi connectivity index (χ1v) is 6.49. The molecule has 1 aromatic heterocycles. The largest absolute Gasteiger partial charge is 0.494 e. The number of carboxylic acid groups (broad SMARTS) is 1. The maximum Gasteiger partial charge on any atom is 0.337 e. The van der Waals surface area contributed by atoms with Crippen LogP contribution in [0, 0.1) is 6.92 Å². The third kappa shape index (κ3) is 2.90. The maximum atomic E-state index is 11.0. The lowest BCUT2D eigenvalue weighted by atomic mass is 10.1. The Morgan fingerprint density at radius 2 is 2.19 bits per heavy atom. The Kier molecular flexibility index (Phi) is 3.99. The molecule has 0 bridgehead atoms. The minimum absolute atomic E-state index is 0.112. The number of nitrogens with zero attached hydrogens (tertiary/aromatic N) is 1. The fourth-order valence-corrected chi connectivity index (χ4v) is 2.03. The third-order valence-electron chi connectivity index (χ3n) is 3.34. The summed E-state index contributed by atoms with van der Waals surface area (Å²) < 4.78 is 5.27. The van der Waals surface area contributed by atoms with Crippen molar-refractivity contribution in [3.05, 3.63) is 30.0 Å². The predicted octanol–water partition coefficient (Wildman–Crippen LogP) is 1.80. The molecule has 3 N–H and O–H groups in total. The summed E-state index contributed by atoms with van der Waals surface area (Å²) in [5.41, 5.74) is 0.432. The van der Waals surface area contributed by atoms with Crippen LogP contribution in [0.4, 0.5) is 5.69 Å². The summed E-state index contributed by atoms with van der Waals surface area (Å²) in [5, 5.41) is 22.6. The highest BCUT2D eigenvalue weighted by molar-refractivity contribution is 5.96. The molecular formula is C15H18N2O4. The zero-order chi connectivity index (χ0) is 15.6. The lowest BCUT2D eigenvalue weighted by molar-refractivity contribution is -0.155. The van der Waals surface area contributed by atoms with Gasteiger partial charge in [0, 0.05) is 17.3 Å². The smallest absolute Gasteiger partial charge is 0.337 e. The Morgan fingerprint density at radius 1 is 1.48 bits per heavy atom. The molecule has 0 amide bonds. The van der Waals surface area contributed by atoms with Gasteiger partial charge in [0.05, 0.1) is 13.7 Å². The van der Waals surface area contributed by atoms with Crippen LogP contribution in [0.1, 0.15) is 12.5 Å². The molecule has 0 radical (unpaired) electrons. The highest BCUT2D eigenvalue weighted by Gasteiger charge is 2.29. The molecule has 6 heteroatoms. The van der Waals surface area contributed by atoms with Gasteiger partial charge in [0.1, 0.15) is 11.3 Å². The first kappa shape index (κ1) is 15.1. The average molecular weight is 290 g/mol. The summed E-state index contributed by atoms with van der Waals surface area (Å²) in [4.78, 5) is 15.3. The molecule has 1 atom stereocenters. The number of aromatic nitrogens is 1. The summed E-state index contributed by atoms with van der Waals surface area (Å²) in [6.07, 6.45) is 1.68. The number of nitrogens with one attached hydrogen (secondary N) is 1. The van der Waals surface area contributed by atoms with Crippen molar-refractivity contribution >= 4 is 22.6 Å². The van der Waals surface area contributed by atoms with Gasteiger partial charge in [-0.15, -0.1) is 0 Å². The minimum Gasteiger partial charge on any atom is -0.494 e. The fraction of sp³-hybridized carbons (Fsp3) is 0.333. The molecule has 0 fully saturated rings. The Morgan fingerprint density at radius 3 is 2.81 bits per heavy atom. The maximum absolute atomic E-state index is 11.0. The van der Waals surface area contributed by atoms with Crippen LogP contribution in [0.3, 0.4) is 0 Å². The number of fused-ring (bicyclic) bond motifs is 1. The van der Waals surface area contributed by atoms with Crippen LogP contribution >= 0.6 is 0 Å². The summed E-state index contributed by atoms with van der Waals surface area (Å²) in [7, 11) is 1.57. The van der Waals surface area contributed by atoms with E-state index in [2.05, 4.69) is 10.3 Å². The second-order valence-electron chi connectivity index (χ2n) is 5.11. The monoisotopic (exact) mass is 290 g/mol. The van der Waals surface area contributed by atoms with E-state index in [9.17, 15) is 9.90 Å². The van der Waals surface area contributed by atoms with Crippen LogP contribution < -0.4 is 10.1 Å². The molecule has 2 rings (SSSR count). The molecule has 1 heterocycles. The van der Waals surface area contributed by atoms with Gasteiger partial charge in [-0.25, -0.2) is 4.79 Å². The van der Waals surface area contributed by atoms with E-state index in [1.165, 1.54) is 6.92 Å². The van der Waals surface area contributed by atoms with Crippen LogP contribution in [0.25, 0.3) is 10.9 Å². The minimum atomic E-state index is -1.85. The molecule has 1 aromatic carbocycles. The van der Waals surface area contributed by atoms with Crippen molar-refractivity contribution < 1.29 is 19.7 Å². The van der Waals surface area contributed by atoms with E-state index >= 15 is 0 Å². The topological polar surface area (TPSA) is 91.7 Å². The number of hydrogen-bond acceptors (Lipinski definition) is 5. The molecule has 21 heavy (non-hydrogen) atoms. The number of aliphatic hydroxyl groups is 1. The summed E-state index contributed by atoms with van der Waals surface area (Å²) in [6, 6.07) is 5.51. The summed E-state index contributed by atoms with van der Waals surface area (Å²) in [5.74, 6) is -0.635. The van der Waals surface area contributed by atoms with E-state index in [1.807, 2.05) is 25.1 Å². The van der Waals surface area contributed by atoms with Crippen LogP contribution in [0.2, 0.25) is 0 Å². The highest BCUT2D eigenvalue weighted by atomic mass is 16.5. The molecule has 0 aliphatic carbocycles. The normalized spacial score (nSPS) is 13.7. The van der Waals surface area contributed by atoms with Crippen LogP contribution in [-0.2, 0) is 4.79 Å². The lowest BCUT2D eigenvalue weighted by Gasteiger charge is -2.21. The van der Waals surface area contributed by atoms with Crippen molar-refractivity contribution in [2.45, 2.75) is 19.4 Å². The van der Waals surface area contributed by atoms with Gasteiger partial charge in [-0.2, -0.15) is 0 Å². The van der Waals surface area contributed by atoms with E-state index in [-0.39, 0.29) is 6.54 Å². The number of carbonyl (C=O) groups is 1. The number of benzene rings is 1. The van der Waals surface area contributed by atoms with Gasteiger partial charge >= 0.3 is 5.97 Å². The fourth-order valence-electron chi connectivity index (χ4n) is 2.03. The third-order valence-corrected chi connectivity index (χ3v) is 3.34. The number of methoxy groups -OCH3 is 1. The van der Waals surface area contributed by atoms with Crippen molar-refractivity contribution in [3.8, 4) is 5.75 Å². The van der Waals surface area contributed by atoms with Gasteiger partial charge in [0.25, 0.3) is 0 Å². The van der Waals surface area contributed by atoms with Gasteiger partial charge in [0.15, 0.2) is 5.60 Å². The number of pyridine rings is 1. The van der Waals surface area contributed by atoms with Crippen molar-refractivity contribution in [1.82, 2.24) is 4.98 Å². The van der Waals surface area contributed by atoms with Crippen molar-refractivity contribution in [2.24, 2.45) is 0 Å². The van der Waals surface area contributed by atoms with Gasteiger partial charge in [0.2, 0.25) is 0 Å². The molecule has 0 spiro atoms. The first-order valence-electron chi connectivity index (χ1n) is 6.49. The Hall–Kier alpha value is -2.34. The van der Waals surface area contributed by atoms with Crippen LogP contribution in [0.5, 0.6) is 5.75 Å². The van der Waals surface area contributed by atoms with E-state index in [4.69, 9.17) is 9.84 Å². The summed E-state index contributed by atoms with van der Waals surface area (Å²) >= 11 is 0. The number of rotatable bonds is 5. The standard InChI is InChI=1S/C15H18N2O4/c1-9-7-16-13-10(5-4-6-11(13)21-3)12(9)17-8-15(2,20)14(18)19/h4-7,20H,8H2,1-3H3,(H,16,17)(H,18,19). The molecule has 0 aliphatic heterocycles. The number of carboxylic acids is 1. The molecule has 6 nitrogen and oxygen atoms in total. The highest BCUT2D eigenvalue weighted by Crippen LogP contribution is 2.31. The molecule has 2 aromatic rings. The summed E-state index contributed by atoms with van der Waals surface area (Å²) in [6.45, 7) is 3.00. The van der Waals surface area contributed by atoms with Crippen LogP contribution in [0.15, 0.2) is 24.4 Å². The average Bonchev–Trinajstić information content (AvgIpc) is 2.45. The Labute approximate surface area is 122 Å².